The predicted molar refractivity (Wildman–Crippen MR) is 73.2 cm³/mol. The average molecular weight is 244 g/mol. The highest BCUT2D eigenvalue weighted by atomic mass is 35.5. The summed E-state index contributed by atoms with van der Waals surface area (Å²) in [5.74, 6) is 7.01. The van der Waals surface area contributed by atoms with Crippen LogP contribution in [0, 0.1) is 11.8 Å². The monoisotopic (exact) mass is 243 g/mol. The van der Waals surface area contributed by atoms with Crippen LogP contribution in [-0.2, 0) is 0 Å². The first-order valence-electron chi connectivity index (χ1n) is 5.80. The Labute approximate surface area is 107 Å². The van der Waals surface area contributed by atoms with Gasteiger partial charge in [-0.15, -0.1) is 11.6 Å². The van der Waals surface area contributed by atoms with Gasteiger partial charge in [-0.3, -0.25) is 4.98 Å². The number of alkyl halides is 1. The fourth-order valence-electron chi connectivity index (χ4n) is 1.61. The van der Waals surface area contributed by atoms with Crippen LogP contribution >= 0.6 is 11.6 Å². The molecular weight excluding hydrogens is 230 g/mol. The van der Waals surface area contributed by atoms with Crippen LogP contribution in [0.1, 0.15) is 24.8 Å². The Hall–Kier alpha value is -1.52. The van der Waals surface area contributed by atoms with E-state index in [1.165, 1.54) is 0 Å². The molecule has 0 spiro atoms. The summed E-state index contributed by atoms with van der Waals surface area (Å²) in [4.78, 5) is 4.37. The lowest BCUT2D eigenvalue weighted by molar-refractivity contribution is 0.833. The first kappa shape index (κ1) is 12.0. The molecule has 2 heteroatoms. The Morgan fingerprint density at radius 3 is 2.94 bits per heavy atom. The smallest absolute Gasteiger partial charge is 0.0702 e. The largest absolute Gasteiger partial charge is 0.255 e. The summed E-state index contributed by atoms with van der Waals surface area (Å²) >= 11 is 5.60. The van der Waals surface area contributed by atoms with Crippen molar-refractivity contribution in [2.24, 2.45) is 0 Å². The number of hydrogen-bond donors (Lipinski definition) is 0. The van der Waals surface area contributed by atoms with Crippen molar-refractivity contribution in [3.8, 4) is 11.8 Å². The van der Waals surface area contributed by atoms with Crippen molar-refractivity contribution < 1.29 is 0 Å². The molecule has 1 nitrogen and oxygen atoms in total. The predicted octanol–water partition coefficient (Wildman–Crippen LogP) is 4.00. The molecule has 2 aromatic rings. The normalized spacial score (nSPS) is 9.94. The molecule has 0 saturated heterocycles. The molecule has 0 fully saturated rings. The fourth-order valence-corrected chi connectivity index (χ4v) is 1.80. The van der Waals surface area contributed by atoms with Crippen molar-refractivity contribution in [2.75, 3.05) is 5.88 Å². The lowest BCUT2D eigenvalue weighted by atomic mass is 10.1. The number of hydrogen-bond acceptors (Lipinski definition) is 1. The van der Waals surface area contributed by atoms with E-state index in [-0.39, 0.29) is 0 Å². The number of benzene rings is 1. The quantitative estimate of drug-likeness (QED) is 0.451. The molecule has 0 bridgehead atoms. The summed E-state index contributed by atoms with van der Waals surface area (Å²) in [5, 5.41) is 1.14. The minimum atomic E-state index is 0.721. The van der Waals surface area contributed by atoms with Crippen molar-refractivity contribution >= 4 is 22.5 Å². The standard InChI is InChI=1S/C15H14ClN/c16-10-6-2-1-3-7-13-11-14-8-4-5-9-15(14)17-12-13/h4-5,8-9,11-12H,1-2,6,10H2. The van der Waals surface area contributed by atoms with Crippen LogP contribution in [-0.4, -0.2) is 10.9 Å². The van der Waals surface area contributed by atoms with Crippen LogP contribution in [0.5, 0.6) is 0 Å². The van der Waals surface area contributed by atoms with Crippen LogP contribution in [0.4, 0.5) is 0 Å². The molecule has 86 valence electrons. The Morgan fingerprint density at radius 2 is 2.06 bits per heavy atom. The van der Waals surface area contributed by atoms with Crippen LogP contribution in [0.3, 0.4) is 0 Å². The van der Waals surface area contributed by atoms with Gasteiger partial charge in [0, 0.05) is 29.4 Å². The molecule has 0 unspecified atom stereocenters. The summed E-state index contributed by atoms with van der Waals surface area (Å²) in [6, 6.07) is 10.2. The maximum atomic E-state index is 5.60. The summed E-state index contributed by atoms with van der Waals surface area (Å²) in [6.45, 7) is 0. The molecule has 0 amide bonds. The van der Waals surface area contributed by atoms with Crippen molar-refractivity contribution in [1.82, 2.24) is 4.98 Å². The number of aromatic nitrogens is 1. The number of rotatable bonds is 3. The minimum absolute atomic E-state index is 0.721. The number of halogens is 1. The van der Waals surface area contributed by atoms with Crippen LogP contribution < -0.4 is 0 Å². The molecule has 0 aliphatic heterocycles. The second kappa shape index (κ2) is 6.27. The van der Waals surface area contributed by atoms with Gasteiger partial charge in [0.2, 0.25) is 0 Å². The van der Waals surface area contributed by atoms with E-state index in [4.69, 9.17) is 11.6 Å². The molecule has 0 atom stereocenters. The third kappa shape index (κ3) is 3.47. The zero-order valence-corrected chi connectivity index (χ0v) is 10.4. The molecule has 2 rings (SSSR count). The lowest BCUT2D eigenvalue weighted by Gasteiger charge is -1.96. The van der Waals surface area contributed by atoms with E-state index in [0.29, 0.717) is 0 Å². The number of para-hydroxylation sites is 1. The van der Waals surface area contributed by atoms with E-state index in [2.05, 4.69) is 29.0 Å². The third-order valence-electron chi connectivity index (χ3n) is 2.51. The van der Waals surface area contributed by atoms with E-state index in [1.54, 1.807) is 0 Å². The number of nitrogens with zero attached hydrogens (tertiary/aromatic N) is 1. The summed E-state index contributed by atoms with van der Waals surface area (Å²) < 4.78 is 0. The van der Waals surface area contributed by atoms with Crippen molar-refractivity contribution in [3.63, 3.8) is 0 Å². The summed E-state index contributed by atoms with van der Waals surface area (Å²) in [5.41, 5.74) is 2.00. The van der Waals surface area contributed by atoms with E-state index >= 15 is 0 Å². The molecule has 0 saturated carbocycles. The zero-order valence-electron chi connectivity index (χ0n) is 9.62. The Balaban J connectivity index is 2.08. The van der Waals surface area contributed by atoms with E-state index in [0.717, 1.165) is 41.6 Å². The Bertz CT molecular complexity index is 551. The van der Waals surface area contributed by atoms with Crippen molar-refractivity contribution in [1.29, 1.82) is 0 Å². The number of pyridine rings is 1. The molecule has 1 aromatic heterocycles. The molecule has 1 heterocycles. The maximum Gasteiger partial charge on any atom is 0.0702 e. The van der Waals surface area contributed by atoms with E-state index in [9.17, 15) is 0 Å². The average Bonchev–Trinajstić information content (AvgIpc) is 2.38. The van der Waals surface area contributed by atoms with Gasteiger partial charge in [-0.25, -0.2) is 0 Å². The number of fused-ring (bicyclic) bond motifs is 1. The summed E-state index contributed by atoms with van der Waals surface area (Å²) in [6.07, 6.45) is 4.83. The second-order valence-electron chi connectivity index (χ2n) is 3.86. The van der Waals surface area contributed by atoms with Gasteiger partial charge >= 0.3 is 0 Å². The van der Waals surface area contributed by atoms with Crippen molar-refractivity contribution in [2.45, 2.75) is 19.3 Å². The lowest BCUT2D eigenvalue weighted by Crippen LogP contribution is -1.81. The number of unbranched alkanes of at least 4 members (excludes halogenated alkanes) is 2. The molecule has 0 aliphatic carbocycles. The van der Waals surface area contributed by atoms with Crippen molar-refractivity contribution in [3.05, 3.63) is 42.1 Å². The van der Waals surface area contributed by atoms with Gasteiger partial charge in [0.25, 0.3) is 0 Å². The fraction of sp³-hybridized carbons (Fsp3) is 0.267. The molecule has 17 heavy (non-hydrogen) atoms. The van der Waals surface area contributed by atoms with Crippen LogP contribution in [0.25, 0.3) is 10.9 Å². The molecule has 0 aliphatic rings. The van der Waals surface area contributed by atoms with Gasteiger partial charge in [0.05, 0.1) is 5.52 Å². The van der Waals surface area contributed by atoms with Gasteiger partial charge in [-0.2, -0.15) is 0 Å². The van der Waals surface area contributed by atoms with Crippen LogP contribution in [0.15, 0.2) is 36.5 Å². The Morgan fingerprint density at radius 1 is 1.18 bits per heavy atom. The highest BCUT2D eigenvalue weighted by Gasteiger charge is 1.93. The van der Waals surface area contributed by atoms with E-state index < -0.39 is 0 Å². The molecular formula is C15H14ClN. The zero-order chi connectivity index (χ0) is 11.9. The molecule has 0 N–H and O–H groups in total. The minimum Gasteiger partial charge on any atom is -0.255 e. The summed E-state index contributed by atoms with van der Waals surface area (Å²) in [7, 11) is 0. The van der Waals surface area contributed by atoms with Gasteiger partial charge < -0.3 is 0 Å². The van der Waals surface area contributed by atoms with Gasteiger partial charge in [-0.05, 0) is 25.0 Å². The highest BCUT2D eigenvalue weighted by molar-refractivity contribution is 6.17. The van der Waals surface area contributed by atoms with Crippen LogP contribution in [0.2, 0.25) is 0 Å². The maximum absolute atomic E-state index is 5.60. The second-order valence-corrected chi connectivity index (χ2v) is 4.24. The topological polar surface area (TPSA) is 12.9 Å². The molecule has 0 radical (unpaired) electrons. The first-order chi connectivity index (χ1) is 8.40. The molecule has 1 aromatic carbocycles. The Kier molecular flexibility index (Phi) is 4.41. The SMILES string of the molecule is ClCCCCC#Cc1cnc2ccccc2c1. The van der Waals surface area contributed by atoms with E-state index in [1.807, 2.05) is 24.4 Å². The highest BCUT2D eigenvalue weighted by Crippen LogP contribution is 2.11. The van der Waals surface area contributed by atoms with Gasteiger partial charge in [-0.1, -0.05) is 30.0 Å². The van der Waals surface area contributed by atoms with Gasteiger partial charge in [0.1, 0.15) is 0 Å². The third-order valence-corrected chi connectivity index (χ3v) is 2.78. The van der Waals surface area contributed by atoms with Gasteiger partial charge in [0.15, 0.2) is 0 Å². The first-order valence-corrected chi connectivity index (χ1v) is 6.33.